The van der Waals surface area contributed by atoms with Crippen molar-refractivity contribution < 1.29 is 38.9 Å². The third kappa shape index (κ3) is 6.50. The number of ether oxygens (including phenoxy) is 2. The molecule has 0 aromatic carbocycles. The number of carboxylic acid groups (broad SMARTS) is 2. The Morgan fingerprint density at radius 2 is 1.38 bits per heavy atom. The molecule has 0 saturated carbocycles. The summed E-state index contributed by atoms with van der Waals surface area (Å²) in [6.45, 7) is 14.7. The first-order chi connectivity index (χ1) is 22.3. The van der Waals surface area contributed by atoms with Gasteiger partial charge >= 0.3 is 11.9 Å². The molecule has 2 aliphatic rings. The van der Waals surface area contributed by atoms with E-state index < -0.39 is 18.0 Å². The highest BCUT2D eigenvalue weighted by Crippen LogP contribution is 2.39. The maximum absolute atomic E-state index is 12.6. The predicted molar refractivity (Wildman–Crippen MR) is 176 cm³/mol. The van der Waals surface area contributed by atoms with Crippen LogP contribution < -0.4 is 10.6 Å². The molecule has 0 saturated heterocycles. The summed E-state index contributed by atoms with van der Waals surface area (Å²) < 4.78 is 11.9. The summed E-state index contributed by atoms with van der Waals surface area (Å²) >= 11 is 0. The van der Waals surface area contributed by atoms with Crippen LogP contribution in [0.5, 0.6) is 0 Å². The number of carboxylic acids is 2. The molecule has 6 N–H and O–H groups in total. The average molecular weight is 645 g/mol. The molecular weight excluding hydrogens is 604 g/mol. The molecule has 4 rings (SSSR count). The number of aliphatic carboxylic acids is 2. The van der Waals surface area contributed by atoms with Crippen molar-refractivity contribution in [2.75, 3.05) is 14.2 Å². The third-order valence-electron chi connectivity index (χ3n) is 8.70. The monoisotopic (exact) mass is 644 g/mol. The molecular formula is C35H40N4O8. The van der Waals surface area contributed by atoms with Crippen molar-refractivity contribution in [3.05, 3.63) is 104 Å². The molecule has 12 nitrogen and oxygen atoms in total. The lowest BCUT2D eigenvalue weighted by molar-refractivity contribution is -0.138. The lowest BCUT2D eigenvalue weighted by atomic mass is 9.96. The largest absolute Gasteiger partial charge is 0.492 e. The zero-order chi connectivity index (χ0) is 34.7. The lowest BCUT2D eigenvalue weighted by Gasteiger charge is -2.18. The Labute approximate surface area is 272 Å². The maximum atomic E-state index is 12.6. The van der Waals surface area contributed by atoms with E-state index in [0.29, 0.717) is 78.9 Å². The van der Waals surface area contributed by atoms with Crippen molar-refractivity contribution >= 4 is 35.6 Å². The van der Waals surface area contributed by atoms with E-state index in [-0.39, 0.29) is 37.5 Å². The molecule has 0 fully saturated rings. The quantitative estimate of drug-likeness (QED) is 0.161. The van der Waals surface area contributed by atoms with Crippen LogP contribution in [0.3, 0.4) is 0 Å². The van der Waals surface area contributed by atoms with Crippen LogP contribution in [0.2, 0.25) is 0 Å². The maximum Gasteiger partial charge on any atom is 0.303 e. The van der Waals surface area contributed by atoms with Crippen molar-refractivity contribution in [1.29, 1.82) is 0 Å². The SMILES string of the molecule is C=CC1=C(C)/C(=C(\OC)c2[nH]c(C(OC)c3[nH]c(/C=C4\NC(=O)C(C)=C4C=C)c(C)c3CCC(=O)O)c(CCC(=O)O)c2C)NC1=O. The van der Waals surface area contributed by atoms with Crippen LogP contribution in [0.15, 0.2) is 59.0 Å². The second-order valence-electron chi connectivity index (χ2n) is 11.3. The van der Waals surface area contributed by atoms with Crippen molar-refractivity contribution in [3.8, 4) is 0 Å². The minimum atomic E-state index is -0.985. The molecule has 0 aliphatic carbocycles. The van der Waals surface area contributed by atoms with Crippen molar-refractivity contribution in [3.63, 3.8) is 0 Å². The van der Waals surface area contributed by atoms with Crippen molar-refractivity contribution in [1.82, 2.24) is 20.6 Å². The number of hydrogen-bond acceptors (Lipinski definition) is 6. The van der Waals surface area contributed by atoms with Gasteiger partial charge in [-0.05, 0) is 74.4 Å². The molecule has 47 heavy (non-hydrogen) atoms. The highest BCUT2D eigenvalue weighted by molar-refractivity contribution is 6.04. The summed E-state index contributed by atoms with van der Waals surface area (Å²) in [4.78, 5) is 55.3. The van der Waals surface area contributed by atoms with Gasteiger partial charge in [-0.3, -0.25) is 19.2 Å². The van der Waals surface area contributed by atoms with Crippen LogP contribution >= 0.6 is 0 Å². The Bertz CT molecular complexity index is 1830. The summed E-state index contributed by atoms with van der Waals surface area (Å²) in [7, 11) is 2.98. The fourth-order valence-electron chi connectivity index (χ4n) is 6.15. The highest BCUT2D eigenvalue weighted by atomic mass is 16.5. The van der Waals surface area contributed by atoms with E-state index in [2.05, 4.69) is 33.8 Å². The number of H-pyrrole nitrogens is 2. The first-order valence-corrected chi connectivity index (χ1v) is 15.0. The zero-order valence-corrected chi connectivity index (χ0v) is 27.4. The van der Waals surface area contributed by atoms with E-state index in [1.807, 2.05) is 13.8 Å². The third-order valence-corrected chi connectivity index (χ3v) is 8.70. The van der Waals surface area contributed by atoms with Gasteiger partial charge in [-0.1, -0.05) is 25.3 Å². The Balaban J connectivity index is 1.96. The summed E-state index contributed by atoms with van der Waals surface area (Å²) in [5.41, 5.74) is 8.35. The van der Waals surface area contributed by atoms with E-state index in [1.54, 1.807) is 26.0 Å². The van der Waals surface area contributed by atoms with Crippen LogP contribution in [-0.4, -0.2) is 58.2 Å². The second kappa shape index (κ2) is 14.0. The average Bonchev–Trinajstić information content (AvgIpc) is 3.69. The normalized spacial score (nSPS) is 17.3. The van der Waals surface area contributed by atoms with Gasteiger partial charge < -0.3 is 40.3 Å². The minimum absolute atomic E-state index is 0.149. The molecule has 2 aromatic rings. The van der Waals surface area contributed by atoms with Crippen LogP contribution in [-0.2, 0) is 41.5 Å². The number of aromatic nitrogens is 2. The molecule has 0 spiro atoms. The topological polar surface area (TPSA) is 183 Å². The molecule has 2 aromatic heterocycles. The number of methoxy groups -OCH3 is 2. The molecule has 12 heteroatoms. The van der Waals surface area contributed by atoms with E-state index in [0.717, 1.165) is 5.56 Å². The lowest BCUT2D eigenvalue weighted by Crippen LogP contribution is -2.17. The van der Waals surface area contributed by atoms with E-state index >= 15 is 0 Å². The first kappa shape index (κ1) is 34.5. The fraction of sp³-hybridized carbons (Fsp3) is 0.314. The summed E-state index contributed by atoms with van der Waals surface area (Å²) in [5.74, 6) is -2.17. The molecule has 1 unspecified atom stereocenters. The van der Waals surface area contributed by atoms with E-state index in [1.165, 1.54) is 20.3 Å². The Hall–Kier alpha value is -5.36. The van der Waals surface area contributed by atoms with Crippen LogP contribution in [0.4, 0.5) is 0 Å². The number of hydrogen-bond donors (Lipinski definition) is 6. The van der Waals surface area contributed by atoms with Gasteiger partial charge in [0.2, 0.25) is 0 Å². The molecule has 2 amide bonds. The van der Waals surface area contributed by atoms with Gasteiger partial charge in [0.15, 0.2) is 5.76 Å². The number of aromatic amines is 2. The molecule has 2 aliphatic heterocycles. The molecule has 4 heterocycles. The number of rotatable bonds is 14. The van der Waals surface area contributed by atoms with Gasteiger partial charge in [-0.25, -0.2) is 0 Å². The first-order valence-electron chi connectivity index (χ1n) is 15.0. The van der Waals surface area contributed by atoms with Crippen LogP contribution in [0.25, 0.3) is 11.8 Å². The highest BCUT2D eigenvalue weighted by Gasteiger charge is 2.32. The zero-order valence-electron chi connectivity index (χ0n) is 27.4. The van der Waals surface area contributed by atoms with Crippen molar-refractivity contribution in [2.24, 2.45) is 0 Å². The van der Waals surface area contributed by atoms with Gasteiger partial charge in [0.05, 0.1) is 35.6 Å². The number of amides is 2. The van der Waals surface area contributed by atoms with Gasteiger partial charge in [0, 0.05) is 42.4 Å². The van der Waals surface area contributed by atoms with Gasteiger partial charge in [-0.2, -0.15) is 0 Å². The predicted octanol–water partition coefficient (Wildman–Crippen LogP) is 4.65. The summed E-state index contributed by atoms with van der Waals surface area (Å²) in [6.07, 6.45) is 4.04. The van der Waals surface area contributed by atoms with Crippen LogP contribution in [0, 0.1) is 13.8 Å². The number of carbonyl (C=O) groups excluding carboxylic acids is 2. The van der Waals surface area contributed by atoms with Gasteiger partial charge in [-0.15, -0.1) is 0 Å². The number of allylic oxidation sites excluding steroid dienone is 2. The molecule has 0 radical (unpaired) electrons. The van der Waals surface area contributed by atoms with Gasteiger partial charge in [0.25, 0.3) is 11.8 Å². The standard InChI is InChI=1S/C35H40N4O8/c1-9-20-19(6)34(44)37-25(20)15-24-16(3)22(11-13-26(40)41)30(36-24)33(47-8)31-23(12-14-27(42)43)18(5)28(38-31)32(46-7)29-17(4)21(10-2)35(45)39-29/h9-10,15,33,36,38H,1-2,11-14H2,3-8H3,(H,37,44)(H,39,45)(H,40,41)(H,42,43)/b25-15-,32-29+. The second-order valence-corrected chi connectivity index (χ2v) is 11.3. The number of carbonyl (C=O) groups is 4. The van der Waals surface area contributed by atoms with Crippen LogP contribution in [0.1, 0.15) is 77.8 Å². The summed E-state index contributed by atoms with van der Waals surface area (Å²) in [6, 6.07) is 0. The Kier molecular flexibility index (Phi) is 10.2. The Morgan fingerprint density at radius 3 is 1.89 bits per heavy atom. The molecule has 248 valence electrons. The van der Waals surface area contributed by atoms with E-state index in [9.17, 15) is 29.4 Å². The fourth-order valence-corrected chi connectivity index (χ4v) is 6.15. The smallest absolute Gasteiger partial charge is 0.303 e. The van der Waals surface area contributed by atoms with E-state index in [4.69, 9.17) is 9.47 Å². The molecule has 1 atom stereocenters. The Morgan fingerprint density at radius 1 is 0.809 bits per heavy atom. The minimum Gasteiger partial charge on any atom is -0.492 e. The van der Waals surface area contributed by atoms with Gasteiger partial charge in [0.1, 0.15) is 6.10 Å². The molecule has 0 bridgehead atoms. The van der Waals surface area contributed by atoms with Crippen molar-refractivity contribution in [2.45, 2.75) is 59.5 Å². The number of nitrogens with one attached hydrogen (secondary N) is 4. The summed E-state index contributed by atoms with van der Waals surface area (Å²) in [5, 5.41) is 24.9.